The van der Waals surface area contributed by atoms with E-state index in [2.05, 4.69) is 15.0 Å². The largest absolute Gasteiger partial charge is 0.354 e. The van der Waals surface area contributed by atoms with Crippen LogP contribution < -0.4 is 4.90 Å². The molecule has 182 valence electrons. The highest BCUT2D eigenvalue weighted by Gasteiger charge is 2.22. The molecule has 6 rings (SSSR count). The number of hydrogen-bond acceptors (Lipinski definition) is 6. The molecule has 2 aromatic heterocycles. The van der Waals surface area contributed by atoms with Crippen molar-refractivity contribution in [3.63, 3.8) is 0 Å². The van der Waals surface area contributed by atoms with Crippen LogP contribution in [0.15, 0.2) is 77.3 Å². The van der Waals surface area contributed by atoms with Crippen LogP contribution in [0.3, 0.4) is 0 Å². The normalized spacial score (nSPS) is 14.6. The molecule has 36 heavy (non-hydrogen) atoms. The number of anilines is 1. The van der Waals surface area contributed by atoms with Gasteiger partial charge in [0.2, 0.25) is 0 Å². The molecule has 1 aliphatic heterocycles. The lowest BCUT2D eigenvalue weighted by atomic mass is 10.2. The van der Waals surface area contributed by atoms with Crippen molar-refractivity contribution in [3.05, 3.63) is 84.4 Å². The van der Waals surface area contributed by atoms with Crippen molar-refractivity contribution in [1.82, 2.24) is 24.8 Å². The number of nitrogens with zero attached hydrogens (tertiary/aromatic N) is 6. The van der Waals surface area contributed by atoms with Crippen LogP contribution in [-0.4, -0.2) is 57.5 Å². The van der Waals surface area contributed by atoms with E-state index in [1.165, 1.54) is 24.3 Å². The van der Waals surface area contributed by atoms with E-state index in [-0.39, 0.29) is 11.6 Å². The fourth-order valence-electron chi connectivity index (χ4n) is 4.55. The Bertz CT molecular complexity index is 1470. The smallest absolute Gasteiger partial charge is 0.181 e. The minimum Gasteiger partial charge on any atom is -0.354 e. The maximum absolute atomic E-state index is 13.5. The molecule has 0 saturated carbocycles. The molecule has 5 aromatic rings. The van der Waals surface area contributed by atoms with Gasteiger partial charge in [-0.1, -0.05) is 17.3 Å². The quantitative estimate of drug-likeness (QED) is 0.342. The maximum Gasteiger partial charge on any atom is 0.181 e. The van der Waals surface area contributed by atoms with Crippen LogP contribution in [0.2, 0.25) is 0 Å². The second-order valence-corrected chi connectivity index (χ2v) is 8.83. The molecular formula is C27H24F2N6O. The highest BCUT2D eigenvalue weighted by Crippen LogP contribution is 2.27. The lowest BCUT2D eigenvalue weighted by Gasteiger charge is -2.34. The van der Waals surface area contributed by atoms with Crippen LogP contribution in [-0.2, 0) is 6.54 Å². The van der Waals surface area contributed by atoms with E-state index in [0.29, 0.717) is 18.2 Å². The van der Waals surface area contributed by atoms with E-state index >= 15 is 0 Å². The summed E-state index contributed by atoms with van der Waals surface area (Å²) in [6, 6.07) is 20.3. The second kappa shape index (κ2) is 9.50. The highest BCUT2D eigenvalue weighted by molar-refractivity contribution is 5.88. The molecule has 3 aromatic carbocycles. The maximum atomic E-state index is 13.5. The number of piperazine rings is 1. The highest BCUT2D eigenvalue weighted by atomic mass is 19.1. The summed E-state index contributed by atoms with van der Waals surface area (Å²) >= 11 is 0. The van der Waals surface area contributed by atoms with Gasteiger partial charge in [-0.05, 0) is 60.7 Å². The molecule has 0 aliphatic carbocycles. The van der Waals surface area contributed by atoms with Crippen molar-refractivity contribution in [2.45, 2.75) is 6.54 Å². The minimum atomic E-state index is -0.310. The Balaban J connectivity index is 1.17. The third-order valence-electron chi connectivity index (χ3n) is 6.53. The van der Waals surface area contributed by atoms with Crippen LogP contribution in [0.25, 0.3) is 33.7 Å². The van der Waals surface area contributed by atoms with Gasteiger partial charge in [-0.3, -0.25) is 4.90 Å². The Morgan fingerprint density at radius 2 is 1.42 bits per heavy atom. The first-order valence-electron chi connectivity index (χ1n) is 11.9. The summed E-state index contributed by atoms with van der Waals surface area (Å²) in [7, 11) is 0. The third kappa shape index (κ3) is 4.45. The molecule has 1 saturated heterocycles. The van der Waals surface area contributed by atoms with Crippen LogP contribution in [0.4, 0.5) is 14.6 Å². The Hall–Kier alpha value is -4.11. The van der Waals surface area contributed by atoms with Gasteiger partial charge in [0.1, 0.15) is 11.6 Å². The number of benzene rings is 3. The monoisotopic (exact) mass is 486 g/mol. The number of hydrogen-bond donors (Lipinski definition) is 0. The van der Waals surface area contributed by atoms with E-state index in [0.717, 1.165) is 60.6 Å². The van der Waals surface area contributed by atoms with E-state index < -0.39 is 0 Å². The average molecular weight is 487 g/mol. The number of rotatable bonds is 6. The fraction of sp³-hybridized carbons (Fsp3) is 0.222. The van der Waals surface area contributed by atoms with E-state index in [1.54, 1.807) is 24.3 Å². The fourth-order valence-corrected chi connectivity index (χ4v) is 4.55. The zero-order chi connectivity index (χ0) is 24.5. The lowest BCUT2D eigenvalue weighted by Crippen LogP contribution is -2.47. The Morgan fingerprint density at radius 1 is 0.750 bits per heavy atom. The Morgan fingerprint density at radius 3 is 2.14 bits per heavy atom. The van der Waals surface area contributed by atoms with Gasteiger partial charge in [-0.25, -0.2) is 18.4 Å². The van der Waals surface area contributed by atoms with Crippen molar-refractivity contribution in [2.24, 2.45) is 0 Å². The van der Waals surface area contributed by atoms with Crippen molar-refractivity contribution in [3.8, 4) is 22.8 Å². The van der Waals surface area contributed by atoms with Gasteiger partial charge in [0.05, 0.1) is 11.9 Å². The molecule has 1 fully saturated rings. The molecule has 9 heteroatoms. The summed E-state index contributed by atoms with van der Waals surface area (Å²) in [6.07, 6.45) is 0. The van der Waals surface area contributed by atoms with Crippen LogP contribution in [0.1, 0.15) is 0 Å². The molecule has 0 radical (unpaired) electrons. The predicted octanol–water partition coefficient (Wildman–Crippen LogP) is 4.85. The van der Waals surface area contributed by atoms with Gasteiger partial charge in [0.25, 0.3) is 0 Å². The van der Waals surface area contributed by atoms with Gasteiger partial charge in [0.15, 0.2) is 23.0 Å². The molecule has 1 aliphatic rings. The van der Waals surface area contributed by atoms with Gasteiger partial charge in [-0.15, -0.1) is 0 Å². The first-order chi connectivity index (χ1) is 17.6. The molecule has 3 heterocycles. The van der Waals surface area contributed by atoms with Gasteiger partial charge >= 0.3 is 0 Å². The van der Waals surface area contributed by atoms with Crippen LogP contribution in [0, 0.1) is 11.6 Å². The van der Waals surface area contributed by atoms with Crippen LogP contribution in [0.5, 0.6) is 0 Å². The molecule has 0 atom stereocenters. The number of para-hydroxylation sites is 1. The van der Waals surface area contributed by atoms with Crippen molar-refractivity contribution in [2.75, 3.05) is 37.6 Å². The number of halogens is 2. The molecule has 0 spiro atoms. The number of fused-ring (bicyclic) bond motifs is 1. The molecule has 7 nitrogen and oxygen atoms in total. The molecule has 0 N–H and O–H groups in total. The standard InChI is InChI=1S/C27H24F2N6O/c28-21-9-5-19(6-10-21)25-30-26(20-7-11-22(29)12-8-20)35(31-25)18-15-33-13-16-34(17-14-33)27-23-3-1-2-4-24(23)36-32-27/h1-12H,13-18H2. The minimum absolute atomic E-state index is 0.304. The van der Waals surface area contributed by atoms with Gasteiger partial charge < -0.3 is 9.42 Å². The molecule has 0 bridgehead atoms. The first-order valence-corrected chi connectivity index (χ1v) is 11.9. The first kappa shape index (κ1) is 22.4. The zero-order valence-electron chi connectivity index (χ0n) is 19.5. The van der Waals surface area contributed by atoms with Crippen LogP contribution >= 0.6 is 0 Å². The summed E-state index contributed by atoms with van der Waals surface area (Å²) in [5.74, 6) is 1.44. The summed E-state index contributed by atoms with van der Waals surface area (Å²) in [4.78, 5) is 9.35. The topological polar surface area (TPSA) is 63.2 Å². The van der Waals surface area contributed by atoms with Gasteiger partial charge in [-0.2, -0.15) is 5.10 Å². The third-order valence-corrected chi connectivity index (χ3v) is 6.53. The summed E-state index contributed by atoms with van der Waals surface area (Å²) in [5.41, 5.74) is 2.30. The summed E-state index contributed by atoms with van der Waals surface area (Å²) < 4.78 is 34.3. The second-order valence-electron chi connectivity index (χ2n) is 8.83. The predicted molar refractivity (Wildman–Crippen MR) is 133 cm³/mol. The van der Waals surface area contributed by atoms with E-state index in [9.17, 15) is 8.78 Å². The molecular weight excluding hydrogens is 462 g/mol. The van der Waals surface area contributed by atoms with Crippen molar-refractivity contribution >= 4 is 16.8 Å². The van der Waals surface area contributed by atoms with Gasteiger partial charge in [0, 0.05) is 43.9 Å². The number of aromatic nitrogens is 4. The Labute approximate surface area is 206 Å². The summed E-state index contributed by atoms with van der Waals surface area (Å²) in [5, 5.41) is 10.0. The van der Waals surface area contributed by atoms with Crippen molar-refractivity contribution < 1.29 is 13.3 Å². The lowest BCUT2D eigenvalue weighted by molar-refractivity contribution is 0.244. The van der Waals surface area contributed by atoms with E-state index in [1.807, 2.05) is 28.9 Å². The van der Waals surface area contributed by atoms with E-state index in [4.69, 9.17) is 14.6 Å². The summed E-state index contributed by atoms with van der Waals surface area (Å²) in [6.45, 7) is 4.86. The average Bonchev–Trinajstić information content (AvgIpc) is 3.54. The SMILES string of the molecule is Fc1ccc(-c2nc(-c3ccc(F)cc3)n(CCN3CCN(c4noc5ccccc45)CC3)n2)cc1. The Kier molecular flexibility index (Phi) is 5.90. The zero-order valence-corrected chi connectivity index (χ0v) is 19.5. The molecule has 0 amide bonds. The molecule has 0 unspecified atom stereocenters. The van der Waals surface area contributed by atoms with Crippen molar-refractivity contribution in [1.29, 1.82) is 0 Å².